The zero-order valence-electron chi connectivity index (χ0n) is 31.8. The Balaban J connectivity index is 1.31. The zero-order valence-corrected chi connectivity index (χ0v) is 31.8. The molecule has 0 bridgehead atoms. The van der Waals surface area contributed by atoms with Crippen molar-refractivity contribution in [3.8, 4) is 0 Å². The van der Waals surface area contributed by atoms with Crippen molar-refractivity contribution < 1.29 is 0 Å². The Bertz CT molecular complexity index is 4260. The number of aromatic nitrogens is 4. The standard InChI is InChI=1S/C55H32N4/c1-5-19-37-33(15-1)35-17-3-7-21-39(35)43-25-13-26-45-46-31-32-49-51(54(46)58(52(43)45)47-28-11-9-23-41(37)47)56-55-57(49)50-30-14-27-44-40-22-8-4-18-36(40)34-16-2-6-20-38(34)42-24-10-12-29-48(42)59(55)53(44)50/h1-32H. The van der Waals surface area contributed by atoms with E-state index in [-0.39, 0.29) is 0 Å². The molecule has 0 N–H and O–H groups in total. The molecule has 4 heteroatoms. The molecule has 0 atom stereocenters. The minimum absolute atomic E-state index is 0.893. The highest BCUT2D eigenvalue weighted by Crippen LogP contribution is 2.43. The molecule has 59 heavy (non-hydrogen) atoms. The molecule has 5 heterocycles. The molecule has 9 aromatic carbocycles. The average molecular weight is 749 g/mol. The molecule has 0 fully saturated rings. The summed E-state index contributed by atoms with van der Waals surface area (Å²) in [5.74, 6) is 0.893. The first-order valence-corrected chi connectivity index (χ1v) is 20.3. The van der Waals surface area contributed by atoms with Gasteiger partial charge in [-0.25, -0.2) is 4.98 Å². The number of hydrogen-bond acceptors (Lipinski definition) is 1. The molecule has 4 nitrogen and oxygen atoms in total. The lowest BCUT2D eigenvalue weighted by Crippen LogP contribution is -1.89. The molecule has 0 aliphatic carbocycles. The summed E-state index contributed by atoms with van der Waals surface area (Å²) in [5.41, 5.74) is 8.89. The van der Waals surface area contributed by atoms with Crippen molar-refractivity contribution >= 4 is 125 Å². The van der Waals surface area contributed by atoms with Gasteiger partial charge in [0.1, 0.15) is 5.52 Å². The van der Waals surface area contributed by atoms with Crippen molar-refractivity contribution in [3.63, 3.8) is 0 Å². The summed E-state index contributed by atoms with van der Waals surface area (Å²) in [5, 5.41) is 16.9. The van der Waals surface area contributed by atoms with Gasteiger partial charge in [0.05, 0.1) is 38.6 Å². The topological polar surface area (TPSA) is 26.1 Å². The van der Waals surface area contributed by atoms with Crippen molar-refractivity contribution in [2.24, 2.45) is 0 Å². The molecule has 0 radical (unpaired) electrons. The molecule has 0 unspecified atom stereocenters. The number of benzene rings is 9. The fourth-order valence-corrected chi connectivity index (χ4v) is 10.6. The van der Waals surface area contributed by atoms with E-state index < -0.39 is 0 Å². The number of rotatable bonds is 0. The molecular formula is C55H32N4. The molecule has 0 aliphatic heterocycles. The van der Waals surface area contributed by atoms with E-state index in [1.807, 2.05) is 0 Å². The van der Waals surface area contributed by atoms with Crippen molar-refractivity contribution in [2.45, 2.75) is 0 Å². The molecule has 0 spiro atoms. The summed E-state index contributed by atoms with van der Waals surface area (Å²) in [4.78, 5) is 5.84. The minimum atomic E-state index is 0.893. The highest BCUT2D eigenvalue weighted by atomic mass is 15.2. The fraction of sp³-hybridized carbons (Fsp3) is 0. The summed E-state index contributed by atoms with van der Waals surface area (Å²) < 4.78 is 7.35. The van der Waals surface area contributed by atoms with Gasteiger partial charge in [0.15, 0.2) is 0 Å². The maximum atomic E-state index is 5.84. The van der Waals surface area contributed by atoms with Gasteiger partial charge in [0, 0.05) is 32.3 Å². The van der Waals surface area contributed by atoms with Crippen LogP contribution in [-0.4, -0.2) is 18.2 Å². The largest absolute Gasteiger partial charge is 0.306 e. The van der Waals surface area contributed by atoms with E-state index in [0.717, 1.165) is 44.4 Å². The first-order valence-electron chi connectivity index (χ1n) is 20.3. The molecule has 0 aliphatic rings. The van der Waals surface area contributed by atoms with Crippen LogP contribution in [0.1, 0.15) is 0 Å². The van der Waals surface area contributed by atoms with Gasteiger partial charge in [-0.2, -0.15) is 0 Å². The van der Waals surface area contributed by atoms with Gasteiger partial charge < -0.3 is 4.40 Å². The van der Waals surface area contributed by atoms with Crippen LogP contribution in [0, 0.1) is 0 Å². The molecule has 5 aromatic heterocycles. The van der Waals surface area contributed by atoms with Crippen LogP contribution in [0.3, 0.4) is 0 Å². The van der Waals surface area contributed by atoms with Crippen LogP contribution in [0.25, 0.3) is 125 Å². The Hall–Kier alpha value is -7.95. The molecule has 0 saturated heterocycles. The van der Waals surface area contributed by atoms with Crippen LogP contribution >= 0.6 is 0 Å². The van der Waals surface area contributed by atoms with Gasteiger partial charge in [-0.1, -0.05) is 164 Å². The van der Waals surface area contributed by atoms with Crippen LogP contribution in [0.4, 0.5) is 0 Å². The average Bonchev–Trinajstić information content (AvgIpc) is 3.97. The highest BCUT2D eigenvalue weighted by Gasteiger charge is 2.23. The van der Waals surface area contributed by atoms with Crippen molar-refractivity contribution in [3.05, 3.63) is 194 Å². The van der Waals surface area contributed by atoms with Gasteiger partial charge in [0.25, 0.3) is 0 Å². The summed E-state index contributed by atoms with van der Waals surface area (Å²) in [6, 6.07) is 71.4. The Morgan fingerprint density at radius 2 is 0.576 bits per heavy atom. The number of nitrogens with zero attached hydrogens (tertiary/aromatic N) is 4. The number of imidazole rings is 2. The van der Waals surface area contributed by atoms with E-state index >= 15 is 0 Å². The molecule has 14 rings (SSSR count). The lowest BCUT2D eigenvalue weighted by molar-refractivity contribution is 1.21. The molecular weight excluding hydrogens is 717 g/mol. The molecule has 0 saturated carbocycles. The number of hydrogen-bond donors (Lipinski definition) is 0. The van der Waals surface area contributed by atoms with Crippen LogP contribution in [0.2, 0.25) is 0 Å². The van der Waals surface area contributed by atoms with Crippen LogP contribution in [0.5, 0.6) is 0 Å². The predicted octanol–water partition coefficient (Wildman–Crippen LogP) is 14.5. The fourth-order valence-electron chi connectivity index (χ4n) is 10.6. The first-order chi connectivity index (χ1) is 29.3. The van der Waals surface area contributed by atoms with Crippen molar-refractivity contribution in [1.29, 1.82) is 0 Å². The second-order valence-corrected chi connectivity index (χ2v) is 15.8. The second-order valence-electron chi connectivity index (χ2n) is 15.8. The number of fused-ring (bicyclic) bond motifs is 23. The van der Waals surface area contributed by atoms with Gasteiger partial charge in [-0.05, 0) is 73.4 Å². The van der Waals surface area contributed by atoms with E-state index in [2.05, 4.69) is 207 Å². The Labute approximate surface area is 336 Å². The lowest BCUT2D eigenvalue weighted by Gasteiger charge is -2.05. The SMILES string of the molecule is c1ccc2c(c1)c1ccccc1c1cccc3c4ccc5c(nc6n5c5cccc7c8ccccc8c8ccccc8c8ccccc8n6c75)c4n(c4ccccc24)c13. The molecule has 14 aromatic rings. The normalized spacial score (nSPS) is 12.4. The van der Waals surface area contributed by atoms with E-state index in [4.69, 9.17) is 4.98 Å². The summed E-state index contributed by atoms with van der Waals surface area (Å²) >= 11 is 0. The first kappa shape index (κ1) is 31.2. The summed E-state index contributed by atoms with van der Waals surface area (Å²) in [6.07, 6.45) is 0. The minimum Gasteiger partial charge on any atom is -0.306 e. The monoisotopic (exact) mass is 748 g/mol. The highest BCUT2D eigenvalue weighted by molar-refractivity contribution is 6.28. The lowest BCUT2D eigenvalue weighted by atomic mass is 10.0. The van der Waals surface area contributed by atoms with Gasteiger partial charge in [-0.3, -0.25) is 8.80 Å². The second kappa shape index (κ2) is 11.3. The van der Waals surface area contributed by atoms with Gasteiger partial charge >= 0.3 is 0 Å². The Morgan fingerprint density at radius 3 is 1.12 bits per heavy atom. The van der Waals surface area contributed by atoms with Crippen molar-refractivity contribution in [1.82, 2.24) is 18.2 Å². The smallest absolute Gasteiger partial charge is 0.220 e. The van der Waals surface area contributed by atoms with E-state index in [0.29, 0.717) is 0 Å². The van der Waals surface area contributed by atoms with Crippen LogP contribution < -0.4 is 0 Å². The Kier molecular flexibility index (Phi) is 5.99. The quantitative estimate of drug-likeness (QED) is 0.152. The predicted molar refractivity (Wildman–Crippen MR) is 250 cm³/mol. The zero-order chi connectivity index (χ0) is 38.3. The van der Waals surface area contributed by atoms with E-state index in [1.54, 1.807) is 0 Å². The maximum absolute atomic E-state index is 5.84. The van der Waals surface area contributed by atoms with Gasteiger partial charge in [0.2, 0.25) is 5.78 Å². The maximum Gasteiger partial charge on any atom is 0.220 e. The van der Waals surface area contributed by atoms with Crippen molar-refractivity contribution in [2.75, 3.05) is 0 Å². The van der Waals surface area contributed by atoms with E-state index in [9.17, 15) is 0 Å². The van der Waals surface area contributed by atoms with Gasteiger partial charge in [-0.15, -0.1) is 0 Å². The van der Waals surface area contributed by atoms with E-state index in [1.165, 1.54) is 80.9 Å². The summed E-state index contributed by atoms with van der Waals surface area (Å²) in [6.45, 7) is 0. The third-order valence-electron chi connectivity index (χ3n) is 13.0. The summed E-state index contributed by atoms with van der Waals surface area (Å²) in [7, 11) is 0. The van der Waals surface area contributed by atoms with Crippen LogP contribution in [-0.2, 0) is 0 Å². The number of para-hydroxylation sites is 4. The third-order valence-corrected chi connectivity index (χ3v) is 13.0. The Morgan fingerprint density at radius 1 is 0.220 bits per heavy atom. The molecule has 272 valence electrons. The van der Waals surface area contributed by atoms with Crippen LogP contribution in [0.15, 0.2) is 194 Å². The third kappa shape index (κ3) is 3.95. The molecule has 0 amide bonds.